The van der Waals surface area contributed by atoms with Crippen LogP contribution in [-0.4, -0.2) is 59.1 Å². The highest BCUT2D eigenvalue weighted by atomic mass is 16.7. The molecular weight excluding hydrogens is 304 g/mol. The lowest BCUT2D eigenvalue weighted by molar-refractivity contribution is -0.130. The number of methoxy groups -OCH3 is 3. The van der Waals surface area contributed by atoms with Gasteiger partial charge in [-0.15, -0.1) is 0 Å². The smallest absolute Gasteiger partial charge is 0.258 e. The van der Waals surface area contributed by atoms with Gasteiger partial charge in [-0.05, 0) is 24.3 Å². The van der Waals surface area contributed by atoms with Gasteiger partial charge in [0.25, 0.3) is 5.91 Å². The lowest BCUT2D eigenvalue weighted by Gasteiger charge is -2.14. The Hall–Kier alpha value is -2.32. The fraction of sp³-hybridized carbons (Fsp3) is 0.467. The Labute approximate surface area is 135 Å². The molecular formula is C15H22N2O6. The number of hydrogen-bond acceptors (Lipinski definition) is 6. The Morgan fingerprint density at radius 3 is 2.13 bits per heavy atom. The van der Waals surface area contributed by atoms with E-state index in [1.807, 2.05) is 0 Å². The number of benzene rings is 1. The number of amides is 2. The van der Waals surface area contributed by atoms with Crippen molar-refractivity contribution in [2.45, 2.75) is 6.29 Å². The highest BCUT2D eigenvalue weighted by molar-refractivity contribution is 5.85. The summed E-state index contributed by atoms with van der Waals surface area (Å²) in [6, 6.07) is 6.83. The molecule has 0 aliphatic heterocycles. The summed E-state index contributed by atoms with van der Waals surface area (Å²) in [5.74, 6) is 0.491. The molecule has 1 rings (SSSR count). The zero-order chi connectivity index (χ0) is 17.1. The van der Waals surface area contributed by atoms with Gasteiger partial charge in [0.1, 0.15) is 11.5 Å². The van der Waals surface area contributed by atoms with E-state index in [1.54, 1.807) is 31.4 Å². The topological polar surface area (TPSA) is 95.1 Å². The van der Waals surface area contributed by atoms with Crippen LogP contribution in [0.15, 0.2) is 24.3 Å². The van der Waals surface area contributed by atoms with Gasteiger partial charge in [-0.2, -0.15) is 0 Å². The summed E-state index contributed by atoms with van der Waals surface area (Å²) in [6.45, 7) is -0.132. The lowest BCUT2D eigenvalue weighted by atomic mass is 10.3. The molecule has 2 amide bonds. The second-order valence-electron chi connectivity index (χ2n) is 4.45. The molecule has 0 unspecified atom stereocenters. The van der Waals surface area contributed by atoms with Gasteiger partial charge in [0.2, 0.25) is 5.91 Å². The average Bonchev–Trinajstić information content (AvgIpc) is 2.59. The van der Waals surface area contributed by atoms with Crippen LogP contribution < -0.4 is 20.1 Å². The van der Waals surface area contributed by atoms with Gasteiger partial charge in [-0.25, -0.2) is 0 Å². The van der Waals surface area contributed by atoms with Crippen molar-refractivity contribution in [1.29, 1.82) is 0 Å². The van der Waals surface area contributed by atoms with E-state index < -0.39 is 12.2 Å². The van der Waals surface area contributed by atoms with Gasteiger partial charge in [0, 0.05) is 14.2 Å². The van der Waals surface area contributed by atoms with Crippen LogP contribution in [-0.2, 0) is 19.1 Å². The van der Waals surface area contributed by atoms with Gasteiger partial charge in [0.15, 0.2) is 12.9 Å². The molecule has 128 valence electrons. The third-order valence-electron chi connectivity index (χ3n) is 2.87. The van der Waals surface area contributed by atoms with E-state index >= 15 is 0 Å². The molecule has 8 nitrogen and oxygen atoms in total. The molecule has 1 aromatic carbocycles. The van der Waals surface area contributed by atoms with Crippen LogP contribution in [0.1, 0.15) is 0 Å². The zero-order valence-corrected chi connectivity index (χ0v) is 13.5. The minimum absolute atomic E-state index is 0.148. The number of carbonyl (C=O) groups is 2. The maximum atomic E-state index is 11.6. The molecule has 0 saturated heterocycles. The van der Waals surface area contributed by atoms with Crippen LogP contribution >= 0.6 is 0 Å². The molecule has 0 bridgehead atoms. The number of nitrogens with one attached hydrogen (secondary N) is 2. The predicted molar refractivity (Wildman–Crippen MR) is 82.3 cm³/mol. The van der Waals surface area contributed by atoms with E-state index in [0.29, 0.717) is 11.5 Å². The SMILES string of the molecule is COc1ccc(OCC(=O)NCC(=O)NCC(OC)OC)cc1. The standard InChI is InChI=1S/C15H22N2O6/c1-20-11-4-6-12(7-5-11)23-10-14(19)16-8-13(18)17-9-15(21-2)22-3/h4-7,15H,8-10H2,1-3H3,(H,16,19)(H,17,18). The molecule has 8 heteroatoms. The van der Waals surface area contributed by atoms with Gasteiger partial charge < -0.3 is 29.6 Å². The van der Waals surface area contributed by atoms with Crippen molar-refractivity contribution in [2.75, 3.05) is 41.0 Å². The monoisotopic (exact) mass is 326 g/mol. The molecule has 2 N–H and O–H groups in total. The zero-order valence-electron chi connectivity index (χ0n) is 13.5. The molecule has 0 aromatic heterocycles. The summed E-state index contributed by atoms with van der Waals surface area (Å²) in [6.07, 6.45) is -0.520. The van der Waals surface area contributed by atoms with E-state index in [0.717, 1.165) is 0 Å². The number of carbonyl (C=O) groups excluding carboxylic acids is 2. The largest absolute Gasteiger partial charge is 0.497 e. The van der Waals surface area contributed by atoms with Gasteiger partial charge in [-0.3, -0.25) is 9.59 Å². The fourth-order valence-electron chi connectivity index (χ4n) is 1.57. The van der Waals surface area contributed by atoms with Crippen LogP contribution in [0, 0.1) is 0 Å². The highest BCUT2D eigenvalue weighted by Gasteiger charge is 2.09. The molecule has 1 aromatic rings. The Morgan fingerprint density at radius 2 is 1.57 bits per heavy atom. The van der Waals surface area contributed by atoms with Crippen molar-refractivity contribution >= 4 is 11.8 Å². The fourth-order valence-corrected chi connectivity index (χ4v) is 1.57. The van der Waals surface area contributed by atoms with Crippen molar-refractivity contribution in [3.8, 4) is 11.5 Å². The number of rotatable bonds is 10. The van der Waals surface area contributed by atoms with Gasteiger partial charge in [0.05, 0.1) is 20.2 Å². The second-order valence-corrected chi connectivity index (χ2v) is 4.45. The van der Waals surface area contributed by atoms with Crippen LogP contribution in [0.25, 0.3) is 0 Å². The van der Waals surface area contributed by atoms with Crippen LogP contribution in [0.5, 0.6) is 11.5 Å². The van der Waals surface area contributed by atoms with Crippen molar-refractivity contribution in [1.82, 2.24) is 10.6 Å². The minimum Gasteiger partial charge on any atom is -0.497 e. The van der Waals surface area contributed by atoms with Crippen molar-refractivity contribution < 1.29 is 28.5 Å². The summed E-state index contributed by atoms with van der Waals surface area (Å²) >= 11 is 0. The molecule has 23 heavy (non-hydrogen) atoms. The van der Waals surface area contributed by atoms with E-state index in [4.69, 9.17) is 18.9 Å². The summed E-state index contributed by atoms with van der Waals surface area (Å²) < 4.78 is 20.2. The Bertz CT molecular complexity index is 487. The summed E-state index contributed by atoms with van der Waals surface area (Å²) in [7, 11) is 4.51. The van der Waals surface area contributed by atoms with E-state index in [2.05, 4.69) is 10.6 Å². The molecule has 0 aliphatic rings. The van der Waals surface area contributed by atoms with Crippen LogP contribution in [0.4, 0.5) is 0 Å². The molecule has 0 saturated carbocycles. The number of ether oxygens (including phenoxy) is 4. The first-order valence-corrected chi connectivity index (χ1v) is 6.95. The van der Waals surface area contributed by atoms with Crippen LogP contribution in [0.2, 0.25) is 0 Å². The third-order valence-corrected chi connectivity index (χ3v) is 2.87. The maximum absolute atomic E-state index is 11.6. The first-order valence-electron chi connectivity index (χ1n) is 6.95. The lowest BCUT2D eigenvalue weighted by Crippen LogP contribution is -2.42. The third kappa shape index (κ3) is 7.48. The Balaban J connectivity index is 2.21. The van der Waals surface area contributed by atoms with E-state index in [9.17, 15) is 9.59 Å². The average molecular weight is 326 g/mol. The minimum atomic E-state index is -0.520. The Morgan fingerprint density at radius 1 is 0.957 bits per heavy atom. The van der Waals surface area contributed by atoms with Gasteiger partial charge >= 0.3 is 0 Å². The van der Waals surface area contributed by atoms with Crippen molar-refractivity contribution in [3.63, 3.8) is 0 Å². The van der Waals surface area contributed by atoms with E-state index in [-0.39, 0.29) is 25.6 Å². The van der Waals surface area contributed by atoms with Crippen LogP contribution in [0.3, 0.4) is 0 Å². The summed E-state index contributed by atoms with van der Waals surface area (Å²) in [5.41, 5.74) is 0. The quantitative estimate of drug-likeness (QED) is 0.584. The predicted octanol–water partition coefficient (Wildman–Crippen LogP) is -0.0747. The molecule has 0 radical (unpaired) electrons. The summed E-state index contributed by atoms with van der Waals surface area (Å²) in [5, 5.41) is 5.02. The molecule has 0 aliphatic carbocycles. The molecule has 0 spiro atoms. The summed E-state index contributed by atoms with van der Waals surface area (Å²) in [4.78, 5) is 23.1. The molecule has 0 atom stereocenters. The van der Waals surface area contributed by atoms with Crippen molar-refractivity contribution in [3.05, 3.63) is 24.3 Å². The second kappa shape index (κ2) is 10.4. The Kier molecular flexibility index (Phi) is 8.48. The maximum Gasteiger partial charge on any atom is 0.258 e. The van der Waals surface area contributed by atoms with Crippen molar-refractivity contribution in [2.24, 2.45) is 0 Å². The normalized spacial score (nSPS) is 10.3. The highest BCUT2D eigenvalue weighted by Crippen LogP contribution is 2.16. The first-order chi connectivity index (χ1) is 11.1. The van der Waals surface area contributed by atoms with E-state index in [1.165, 1.54) is 14.2 Å². The first kappa shape index (κ1) is 18.7. The van der Waals surface area contributed by atoms with Gasteiger partial charge in [-0.1, -0.05) is 0 Å². The molecule has 0 fully saturated rings. The molecule has 0 heterocycles. The number of hydrogen-bond donors (Lipinski definition) is 2.